The van der Waals surface area contributed by atoms with Crippen molar-refractivity contribution in [3.8, 4) is 0 Å². The van der Waals surface area contributed by atoms with E-state index in [-0.39, 0.29) is 18.6 Å². The van der Waals surface area contributed by atoms with Gasteiger partial charge in [0.2, 0.25) is 0 Å². The van der Waals surface area contributed by atoms with E-state index in [0.717, 1.165) is 12.8 Å². The smallest absolute Gasteiger partial charge is 0.0769 e. The Kier molecular flexibility index (Phi) is 1.27. The maximum absolute atomic E-state index is 9.66. The Morgan fingerprint density at radius 2 is 2.20 bits per heavy atom. The first kappa shape index (κ1) is 6.58. The van der Waals surface area contributed by atoms with Gasteiger partial charge in [0.25, 0.3) is 0 Å². The Balaban J connectivity index is 2.06. The molecule has 1 saturated carbocycles. The molecule has 0 spiro atoms. The Hall–Kier alpha value is -0.120. The Morgan fingerprint density at radius 3 is 2.60 bits per heavy atom. The van der Waals surface area contributed by atoms with E-state index in [1.165, 1.54) is 0 Å². The number of aliphatic hydroxyl groups is 2. The molecule has 2 saturated heterocycles. The standard InChI is InChI=1S/C7H12O3/c8-3-5-4-10-6-1-7(5,9)2-6/h5-6,8-9H,1-4H2. The predicted octanol–water partition coefficient (Wildman–Crippen LogP) is -0.481. The van der Waals surface area contributed by atoms with Gasteiger partial charge in [0.05, 0.1) is 24.9 Å². The zero-order chi connectivity index (χ0) is 7.19. The first-order valence-electron chi connectivity index (χ1n) is 3.69. The molecule has 3 fully saturated rings. The second-order valence-corrected chi connectivity index (χ2v) is 3.35. The molecule has 1 unspecified atom stereocenters. The topological polar surface area (TPSA) is 49.7 Å². The van der Waals surface area contributed by atoms with Crippen LogP contribution in [0, 0.1) is 5.92 Å². The van der Waals surface area contributed by atoms with Crippen molar-refractivity contribution in [2.24, 2.45) is 5.92 Å². The Morgan fingerprint density at radius 1 is 1.50 bits per heavy atom. The van der Waals surface area contributed by atoms with Crippen LogP contribution in [-0.4, -0.2) is 35.1 Å². The average molecular weight is 144 g/mol. The molecule has 10 heavy (non-hydrogen) atoms. The lowest BCUT2D eigenvalue weighted by Crippen LogP contribution is -2.60. The third kappa shape index (κ3) is 0.713. The van der Waals surface area contributed by atoms with Crippen molar-refractivity contribution in [2.45, 2.75) is 24.5 Å². The van der Waals surface area contributed by atoms with Gasteiger partial charge in [-0.1, -0.05) is 0 Å². The quantitative estimate of drug-likeness (QED) is 0.522. The van der Waals surface area contributed by atoms with E-state index in [2.05, 4.69) is 0 Å². The highest BCUT2D eigenvalue weighted by atomic mass is 16.5. The number of aliphatic hydroxyl groups excluding tert-OH is 1. The van der Waals surface area contributed by atoms with Gasteiger partial charge in [-0.3, -0.25) is 0 Å². The SMILES string of the molecule is OCC1COC2CC1(O)C2. The summed E-state index contributed by atoms with van der Waals surface area (Å²) in [6, 6.07) is 0. The zero-order valence-corrected chi connectivity index (χ0v) is 5.79. The maximum Gasteiger partial charge on any atom is 0.0769 e. The summed E-state index contributed by atoms with van der Waals surface area (Å²) in [6.45, 7) is 0.570. The molecule has 2 bridgehead atoms. The molecule has 3 rings (SSSR count). The van der Waals surface area contributed by atoms with Crippen molar-refractivity contribution in [1.29, 1.82) is 0 Å². The molecule has 58 valence electrons. The zero-order valence-electron chi connectivity index (χ0n) is 5.79. The van der Waals surface area contributed by atoms with Gasteiger partial charge in [-0.15, -0.1) is 0 Å². The van der Waals surface area contributed by atoms with Crippen LogP contribution in [0.5, 0.6) is 0 Å². The summed E-state index contributed by atoms with van der Waals surface area (Å²) in [5.41, 5.74) is -0.586. The number of hydrogen-bond acceptors (Lipinski definition) is 3. The molecule has 0 radical (unpaired) electrons. The van der Waals surface area contributed by atoms with Crippen LogP contribution < -0.4 is 0 Å². The average Bonchev–Trinajstić information content (AvgIpc) is 1.86. The van der Waals surface area contributed by atoms with Crippen LogP contribution in [0.25, 0.3) is 0 Å². The number of ether oxygens (including phenoxy) is 1. The van der Waals surface area contributed by atoms with Crippen LogP contribution in [0.15, 0.2) is 0 Å². The highest BCUT2D eigenvalue weighted by Crippen LogP contribution is 2.44. The van der Waals surface area contributed by atoms with Gasteiger partial charge in [0, 0.05) is 18.8 Å². The summed E-state index contributed by atoms with van der Waals surface area (Å²) >= 11 is 0. The monoisotopic (exact) mass is 144 g/mol. The largest absolute Gasteiger partial charge is 0.396 e. The fourth-order valence-corrected chi connectivity index (χ4v) is 1.81. The molecule has 1 atom stereocenters. The summed E-state index contributed by atoms with van der Waals surface area (Å²) in [4.78, 5) is 0. The molecule has 3 aliphatic rings. The van der Waals surface area contributed by atoms with Crippen LogP contribution in [0.4, 0.5) is 0 Å². The van der Waals surface area contributed by atoms with Gasteiger partial charge in [0.1, 0.15) is 0 Å². The van der Waals surface area contributed by atoms with Crippen molar-refractivity contribution in [3.63, 3.8) is 0 Å². The summed E-state index contributed by atoms with van der Waals surface area (Å²) in [5.74, 6) is -0.0440. The van der Waals surface area contributed by atoms with E-state index < -0.39 is 5.60 Å². The van der Waals surface area contributed by atoms with E-state index >= 15 is 0 Å². The van der Waals surface area contributed by atoms with Crippen LogP contribution in [0.1, 0.15) is 12.8 Å². The molecular weight excluding hydrogens is 132 g/mol. The van der Waals surface area contributed by atoms with E-state index in [1.807, 2.05) is 0 Å². The van der Waals surface area contributed by atoms with Crippen molar-refractivity contribution in [1.82, 2.24) is 0 Å². The van der Waals surface area contributed by atoms with E-state index in [9.17, 15) is 5.11 Å². The van der Waals surface area contributed by atoms with Crippen molar-refractivity contribution in [3.05, 3.63) is 0 Å². The minimum Gasteiger partial charge on any atom is -0.396 e. The third-order valence-corrected chi connectivity index (χ3v) is 2.68. The van der Waals surface area contributed by atoms with Crippen molar-refractivity contribution in [2.75, 3.05) is 13.2 Å². The first-order valence-corrected chi connectivity index (χ1v) is 3.69. The van der Waals surface area contributed by atoms with Gasteiger partial charge in [-0.25, -0.2) is 0 Å². The van der Waals surface area contributed by atoms with Gasteiger partial charge in [-0.2, -0.15) is 0 Å². The molecule has 0 aromatic carbocycles. The lowest BCUT2D eigenvalue weighted by atomic mass is 9.67. The maximum atomic E-state index is 9.66. The molecule has 0 amide bonds. The highest BCUT2D eigenvalue weighted by molar-refractivity contribution is 5.03. The Bertz CT molecular complexity index is 140. The highest BCUT2D eigenvalue weighted by Gasteiger charge is 2.52. The van der Waals surface area contributed by atoms with Crippen LogP contribution in [0.2, 0.25) is 0 Å². The third-order valence-electron chi connectivity index (χ3n) is 2.68. The molecule has 3 nitrogen and oxygen atoms in total. The van der Waals surface area contributed by atoms with Gasteiger partial charge >= 0.3 is 0 Å². The molecule has 3 heteroatoms. The summed E-state index contributed by atoms with van der Waals surface area (Å²) in [6.07, 6.45) is 1.71. The van der Waals surface area contributed by atoms with Crippen LogP contribution in [0.3, 0.4) is 0 Å². The van der Waals surface area contributed by atoms with Crippen LogP contribution in [-0.2, 0) is 4.74 Å². The van der Waals surface area contributed by atoms with Crippen LogP contribution >= 0.6 is 0 Å². The molecule has 0 aromatic heterocycles. The van der Waals surface area contributed by atoms with E-state index in [1.54, 1.807) is 0 Å². The molecular formula is C7H12O3. The van der Waals surface area contributed by atoms with Crippen molar-refractivity contribution < 1.29 is 14.9 Å². The molecule has 2 heterocycles. The minimum absolute atomic E-state index is 0.0440. The lowest BCUT2D eigenvalue weighted by molar-refractivity contribution is -0.239. The van der Waals surface area contributed by atoms with Gasteiger partial charge < -0.3 is 14.9 Å². The first-order chi connectivity index (χ1) is 4.74. The van der Waals surface area contributed by atoms with Crippen molar-refractivity contribution >= 4 is 0 Å². The Labute approximate surface area is 59.6 Å². The normalized spacial score (nSPS) is 52.2. The predicted molar refractivity (Wildman–Crippen MR) is 34.5 cm³/mol. The summed E-state index contributed by atoms with van der Waals surface area (Å²) in [5, 5.41) is 18.5. The number of rotatable bonds is 1. The van der Waals surface area contributed by atoms with Gasteiger partial charge in [-0.05, 0) is 0 Å². The van der Waals surface area contributed by atoms with E-state index in [0.29, 0.717) is 6.61 Å². The van der Waals surface area contributed by atoms with Gasteiger partial charge in [0.15, 0.2) is 0 Å². The minimum atomic E-state index is -0.586. The molecule has 1 aliphatic carbocycles. The molecule has 0 aromatic rings. The van der Waals surface area contributed by atoms with E-state index in [4.69, 9.17) is 9.84 Å². The summed E-state index contributed by atoms with van der Waals surface area (Å²) in [7, 11) is 0. The lowest BCUT2D eigenvalue weighted by Gasteiger charge is -2.52. The molecule has 2 N–H and O–H groups in total. The number of fused-ring (bicyclic) bond motifs is 2. The fourth-order valence-electron chi connectivity index (χ4n) is 1.81. The number of hydrogen-bond donors (Lipinski definition) is 2. The second-order valence-electron chi connectivity index (χ2n) is 3.35. The fraction of sp³-hybridized carbons (Fsp3) is 1.00. The second kappa shape index (κ2) is 1.94. The molecule has 2 aliphatic heterocycles. The summed E-state index contributed by atoms with van der Waals surface area (Å²) < 4.78 is 5.29.